The quantitative estimate of drug-likeness (QED) is 0.193. The predicted octanol–water partition coefficient (Wildman–Crippen LogP) is 5.90. The molecule has 0 atom stereocenters. The van der Waals surface area contributed by atoms with Gasteiger partial charge in [0.1, 0.15) is 6.61 Å². The van der Waals surface area contributed by atoms with E-state index in [1.165, 1.54) is 0 Å². The summed E-state index contributed by atoms with van der Waals surface area (Å²) < 4.78 is 12.8. The average Bonchev–Trinajstić information content (AvgIpc) is 2.72. The standard InChI is InChI=1S/C21H14Br2N2O3.ClH/c22-17-15(24)8-6-12-14(10-27-21(26)11-4-2-1-3-5-11)13-7-9-16(25)18(23)20(13)28-19(12)17;/h1-9,24H,10,25H2;1H. The molecule has 0 radical (unpaired) electrons. The van der Waals surface area contributed by atoms with Crippen molar-refractivity contribution in [2.45, 2.75) is 6.61 Å². The van der Waals surface area contributed by atoms with Gasteiger partial charge >= 0.3 is 5.97 Å². The van der Waals surface area contributed by atoms with Crippen LogP contribution in [0.4, 0.5) is 5.69 Å². The third kappa shape index (κ3) is 3.90. The number of ether oxygens (including phenoxy) is 1. The van der Waals surface area contributed by atoms with Gasteiger partial charge in [-0.2, -0.15) is 0 Å². The molecule has 0 spiro atoms. The molecule has 2 aromatic carbocycles. The van der Waals surface area contributed by atoms with E-state index < -0.39 is 5.97 Å². The lowest BCUT2D eigenvalue weighted by molar-refractivity contribution is 0.0474. The van der Waals surface area contributed by atoms with Gasteiger partial charge in [0.2, 0.25) is 0 Å². The van der Waals surface area contributed by atoms with Crippen LogP contribution in [0.1, 0.15) is 15.9 Å². The van der Waals surface area contributed by atoms with E-state index in [2.05, 4.69) is 31.9 Å². The molecule has 1 aliphatic carbocycles. The fourth-order valence-corrected chi connectivity index (χ4v) is 3.85. The molecule has 148 valence electrons. The van der Waals surface area contributed by atoms with E-state index >= 15 is 0 Å². The lowest BCUT2D eigenvalue weighted by atomic mass is 10.00. The molecule has 8 heteroatoms. The summed E-state index contributed by atoms with van der Waals surface area (Å²) in [7, 11) is 0. The Labute approximate surface area is 189 Å². The van der Waals surface area contributed by atoms with Crippen molar-refractivity contribution in [2.24, 2.45) is 0 Å². The minimum Gasteiger partial charge on any atom is -0.457 e. The van der Waals surface area contributed by atoms with Gasteiger partial charge in [-0.25, -0.2) is 4.79 Å². The van der Waals surface area contributed by atoms with Gasteiger partial charge < -0.3 is 14.9 Å². The lowest BCUT2D eigenvalue weighted by Gasteiger charge is -2.17. The molecule has 2 aliphatic rings. The van der Waals surface area contributed by atoms with Gasteiger partial charge in [0.15, 0.2) is 11.3 Å². The summed E-state index contributed by atoms with van der Waals surface area (Å²) in [5, 5.41) is 9.10. The summed E-state index contributed by atoms with van der Waals surface area (Å²) in [5.74, 6) is 0.0884. The van der Waals surface area contributed by atoms with Gasteiger partial charge in [-0.15, -0.1) is 12.4 Å². The van der Waals surface area contributed by atoms with Gasteiger partial charge in [-0.3, -0.25) is 5.41 Å². The fraction of sp³-hybridized carbons (Fsp3) is 0.0476. The Hall–Kier alpha value is -2.35. The van der Waals surface area contributed by atoms with Crippen molar-refractivity contribution >= 4 is 66.9 Å². The van der Waals surface area contributed by atoms with Gasteiger partial charge in [-0.1, -0.05) is 18.2 Å². The smallest absolute Gasteiger partial charge is 0.338 e. The molecule has 3 N–H and O–H groups in total. The minimum atomic E-state index is -0.409. The molecule has 1 aliphatic heterocycles. The van der Waals surface area contributed by atoms with Crippen LogP contribution >= 0.6 is 44.3 Å². The molecule has 0 bridgehead atoms. The second kappa shape index (κ2) is 8.57. The molecule has 2 aromatic rings. The highest BCUT2D eigenvalue weighted by Crippen LogP contribution is 2.40. The van der Waals surface area contributed by atoms with Crippen LogP contribution in [0.3, 0.4) is 0 Å². The summed E-state index contributed by atoms with van der Waals surface area (Å²) in [5.41, 5.74) is 9.09. The number of hydrogen-bond acceptors (Lipinski definition) is 5. The summed E-state index contributed by atoms with van der Waals surface area (Å²) in [6.45, 7) is 0.0528. The van der Waals surface area contributed by atoms with Crippen LogP contribution in [0, 0.1) is 5.41 Å². The Balaban J connectivity index is 0.00000240. The molecule has 0 aromatic heterocycles. The first-order chi connectivity index (χ1) is 13.5. The number of rotatable bonds is 3. The van der Waals surface area contributed by atoms with Crippen LogP contribution < -0.4 is 11.1 Å². The number of nitrogens with two attached hydrogens (primary N) is 1. The zero-order valence-electron chi connectivity index (χ0n) is 14.9. The Morgan fingerprint density at radius 2 is 1.76 bits per heavy atom. The zero-order chi connectivity index (χ0) is 19.8. The monoisotopic (exact) mass is 536 g/mol. The van der Waals surface area contributed by atoms with Crippen molar-refractivity contribution in [3.63, 3.8) is 0 Å². The summed E-state index contributed by atoms with van der Waals surface area (Å²) in [4.78, 5) is 12.4. The van der Waals surface area contributed by atoms with Crippen molar-refractivity contribution in [3.05, 3.63) is 80.0 Å². The lowest BCUT2D eigenvalue weighted by Crippen LogP contribution is -2.09. The maximum atomic E-state index is 12.4. The van der Waals surface area contributed by atoms with E-state index in [1.54, 1.807) is 42.5 Å². The Morgan fingerprint density at radius 1 is 1.03 bits per heavy atom. The van der Waals surface area contributed by atoms with E-state index in [1.807, 2.05) is 12.1 Å². The zero-order valence-corrected chi connectivity index (χ0v) is 18.9. The topological polar surface area (TPSA) is 89.3 Å². The number of nitrogens with one attached hydrogen (secondary N) is 1. The first kappa shape index (κ1) is 21.4. The molecule has 0 saturated carbocycles. The minimum absolute atomic E-state index is 0. The maximum absolute atomic E-state index is 12.4. The molecule has 0 saturated heterocycles. The first-order valence-electron chi connectivity index (χ1n) is 8.36. The third-order valence-corrected chi connectivity index (χ3v) is 6.04. The number of carbonyl (C=O) groups is 1. The molecule has 1 heterocycles. The van der Waals surface area contributed by atoms with Gasteiger partial charge in [0.25, 0.3) is 0 Å². The highest BCUT2D eigenvalue weighted by atomic mass is 79.9. The second-order valence-corrected chi connectivity index (χ2v) is 7.76. The summed E-state index contributed by atoms with van der Waals surface area (Å²) in [6, 6.07) is 15.9. The SMILES string of the molecule is Cl.N=c1ccc2c(COC(=O)c3ccccc3)c3ccc(N)c(Br)c3oc-2c1Br. The van der Waals surface area contributed by atoms with Gasteiger partial charge in [0.05, 0.1) is 19.9 Å². The van der Waals surface area contributed by atoms with Crippen molar-refractivity contribution in [3.8, 4) is 11.3 Å². The van der Waals surface area contributed by atoms with E-state index in [4.69, 9.17) is 20.3 Å². The normalized spacial score (nSPS) is 10.7. The number of nitrogen functional groups attached to an aromatic ring is 1. The van der Waals surface area contributed by atoms with Crippen LogP contribution in [0.5, 0.6) is 0 Å². The number of carbonyl (C=O) groups excluding carboxylic acids is 1. The molecule has 29 heavy (non-hydrogen) atoms. The summed E-state index contributed by atoms with van der Waals surface area (Å²) >= 11 is 6.90. The predicted molar refractivity (Wildman–Crippen MR) is 121 cm³/mol. The molecule has 0 unspecified atom stereocenters. The van der Waals surface area contributed by atoms with Crippen molar-refractivity contribution in [2.75, 3.05) is 5.73 Å². The number of esters is 1. The molecule has 4 rings (SSSR count). The Morgan fingerprint density at radius 3 is 2.48 bits per heavy atom. The Kier molecular flexibility index (Phi) is 6.31. The second-order valence-electron chi connectivity index (χ2n) is 6.17. The first-order valence-corrected chi connectivity index (χ1v) is 9.94. The van der Waals surface area contributed by atoms with Crippen molar-refractivity contribution < 1.29 is 13.9 Å². The highest BCUT2D eigenvalue weighted by molar-refractivity contribution is 9.11. The van der Waals surface area contributed by atoms with E-state index in [9.17, 15) is 4.79 Å². The van der Waals surface area contributed by atoms with E-state index in [0.29, 0.717) is 36.9 Å². The molecule has 0 amide bonds. The number of hydrogen-bond donors (Lipinski definition) is 2. The van der Waals surface area contributed by atoms with Crippen LogP contribution in [0.25, 0.3) is 22.3 Å². The van der Waals surface area contributed by atoms with Gasteiger partial charge in [0, 0.05) is 22.2 Å². The molecular weight excluding hydrogens is 524 g/mol. The number of anilines is 1. The van der Waals surface area contributed by atoms with Crippen molar-refractivity contribution in [1.29, 1.82) is 5.41 Å². The number of benzene rings is 3. The fourth-order valence-electron chi connectivity index (χ4n) is 3.00. The largest absolute Gasteiger partial charge is 0.457 e. The molecule has 0 fully saturated rings. The van der Waals surface area contributed by atoms with Crippen LogP contribution in [0.15, 0.2) is 68.0 Å². The molecule has 5 nitrogen and oxygen atoms in total. The average molecular weight is 539 g/mol. The number of halogens is 3. The van der Waals surface area contributed by atoms with Crippen LogP contribution in [-0.4, -0.2) is 5.97 Å². The van der Waals surface area contributed by atoms with E-state index in [0.717, 1.165) is 16.5 Å². The van der Waals surface area contributed by atoms with Crippen molar-refractivity contribution in [1.82, 2.24) is 0 Å². The van der Waals surface area contributed by atoms with E-state index in [-0.39, 0.29) is 19.0 Å². The number of fused-ring (bicyclic) bond motifs is 2. The Bertz CT molecular complexity index is 1240. The maximum Gasteiger partial charge on any atom is 0.338 e. The summed E-state index contributed by atoms with van der Waals surface area (Å²) in [6.07, 6.45) is 0. The third-order valence-electron chi connectivity index (χ3n) is 4.44. The molecular formula is C21H15Br2ClN2O3. The van der Waals surface area contributed by atoms with Crippen LogP contribution in [0.2, 0.25) is 0 Å². The van der Waals surface area contributed by atoms with Gasteiger partial charge in [-0.05, 0) is 68.3 Å². The highest BCUT2D eigenvalue weighted by Gasteiger charge is 2.22. The van der Waals surface area contributed by atoms with Crippen LogP contribution in [-0.2, 0) is 11.3 Å².